The zero-order valence-electron chi connectivity index (χ0n) is 10.9. The third-order valence-corrected chi connectivity index (χ3v) is 3.07. The normalized spacial score (nSPS) is 12.1. The number of benzene rings is 2. The van der Waals surface area contributed by atoms with Crippen LogP contribution in [0.5, 0.6) is 5.75 Å². The fourth-order valence-corrected chi connectivity index (χ4v) is 2.00. The quantitative estimate of drug-likeness (QED) is 0.867. The second kappa shape index (κ2) is 6.22. The van der Waals surface area contributed by atoms with Crippen molar-refractivity contribution in [2.24, 2.45) is 0 Å². The SMILES string of the molecule is CNC(COc1ccccc1)c1ccccc1C. The average molecular weight is 241 g/mol. The monoisotopic (exact) mass is 241 g/mol. The van der Waals surface area contributed by atoms with Gasteiger partial charge in [0.25, 0.3) is 0 Å². The van der Waals surface area contributed by atoms with Crippen molar-refractivity contribution in [1.82, 2.24) is 5.32 Å². The van der Waals surface area contributed by atoms with E-state index in [2.05, 4.69) is 36.5 Å². The summed E-state index contributed by atoms with van der Waals surface area (Å²) < 4.78 is 5.81. The molecule has 2 nitrogen and oxygen atoms in total. The van der Waals surface area contributed by atoms with Crippen LogP contribution in [-0.2, 0) is 0 Å². The van der Waals surface area contributed by atoms with E-state index in [1.165, 1.54) is 11.1 Å². The van der Waals surface area contributed by atoms with Crippen LogP contribution in [0.4, 0.5) is 0 Å². The molecule has 1 unspecified atom stereocenters. The van der Waals surface area contributed by atoms with Crippen molar-refractivity contribution >= 4 is 0 Å². The molecule has 94 valence electrons. The number of likely N-dealkylation sites (N-methyl/N-ethyl adjacent to an activating group) is 1. The highest BCUT2D eigenvalue weighted by Crippen LogP contribution is 2.19. The van der Waals surface area contributed by atoms with Crippen LogP contribution >= 0.6 is 0 Å². The van der Waals surface area contributed by atoms with Crippen LogP contribution in [0.25, 0.3) is 0 Å². The molecule has 0 aliphatic rings. The van der Waals surface area contributed by atoms with Gasteiger partial charge < -0.3 is 10.1 Å². The van der Waals surface area contributed by atoms with Crippen LogP contribution in [0.3, 0.4) is 0 Å². The Morgan fingerprint density at radius 2 is 1.67 bits per heavy atom. The van der Waals surface area contributed by atoms with Gasteiger partial charge in [0.2, 0.25) is 0 Å². The van der Waals surface area contributed by atoms with Gasteiger partial charge in [-0.1, -0.05) is 42.5 Å². The Labute approximate surface area is 109 Å². The molecule has 0 amide bonds. The lowest BCUT2D eigenvalue weighted by atomic mass is 10.0. The van der Waals surface area contributed by atoms with E-state index < -0.39 is 0 Å². The molecule has 0 spiro atoms. The number of para-hydroxylation sites is 1. The van der Waals surface area contributed by atoms with E-state index in [1.54, 1.807) is 0 Å². The Balaban J connectivity index is 2.04. The highest BCUT2D eigenvalue weighted by molar-refractivity contribution is 5.29. The van der Waals surface area contributed by atoms with Crippen molar-refractivity contribution in [3.05, 3.63) is 65.7 Å². The smallest absolute Gasteiger partial charge is 0.119 e. The lowest BCUT2D eigenvalue weighted by Gasteiger charge is -2.19. The first-order chi connectivity index (χ1) is 8.81. The molecule has 2 aromatic rings. The molecule has 0 aliphatic carbocycles. The van der Waals surface area contributed by atoms with E-state index in [0.29, 0.717) is 6.61 Å². The minimum absolute atomic E-state index is 0.214. The lowest BCUT2D eigenvalue weighted by molar-refractivity contribution is 0.272. The van der Waals surface area contributed by atoms with Crippen LogP contribution in [0, 0.1) is 6.92 Å². The molecule has 18 heavy (non-hydrogen) atoms. The van der Waals surface area contributed by atoms with Gasteiger partial charge in [-0.15, -0.1) is 0 Å². The standard InChI is InChI=1S/C16H19NO/c1-13-8-6-7-11-15(13)16(17-2)12-18-14-9-4-3-5-10-14/h3-11,16-17H,12H2,1-2H3. The first-order valence-electron chi connectivity index (χ1n) is 6.22. The summed E-state index contributed by atoms with van der Waals surface area (Å²) in [6.07, 6.45) is 0. The molecule has 0 heterocycles. The van der Waals surface area contributed by atoms with Crippen molar-refractivity contribution in [2.45, 2.75) is 13.0 Å². The molecule has 0 saturated heterocycles. The summed E-state index contributed by atoms with van der Waals surface area (Å²) in [7, 11) is 1.96. The van der Waals surface area contributed by atoms with Crippen molar-refractivity contribution in [3.8, 4) is 5.75 Å². The van der Waals surface area contributed by atoms with Gasteiger partial charge in [-0.05, 0) is 37.2 Å². The Bertz CT molecular complexity index is 481. The van der Waals surface area contributed by atoms with Crippen molar-refractivity contribution in [2.75, 3.05) is 13.7 Å². The fraction of sp³-hybridized carbons (Fsp3) is 0.250. The summed E-state index contributed by atoms with van der Waals surface area (Å²) in [6, 6.07) is 18.5. The first-order valence-corrected chi connectivity index (χ1v) is 6.22. The number of hydrogen-bond acceptors (Lipinski definition) is 2. The van der Waals surface area contributed by atoms with Crippen molar-refractivity contribution < 1.29 is 4.74 Å². The van der Waals surface area contributed by atoms with Crippen LogP contribution in [0.1, 0.15) is 17.2 Å². The number of nitrogens with one attached hydrogen (secondary N) is 1. The molecule has 0 fully saturated rings. The minimum Gasteiger partial charge on any atom is -0.492 e. The number of aryl methyl sites for hydroxylation is 1. The topological polar surface area (TPSA) is 21.3 Å². The molecular formula is C16H19NO. The molecule has 0 aromatic heterocycles. The number of hydrogen-bond donors (Lipinski definition) is 1. The predicted molar refractivity (Wildman–Crippen MR) is 74.9 cm³/mol. The third kappa shape index (κ3) is 3.11. The van der Waals surface area contributed by atoms with Crippen LogP contribution in [-0.4, -0.2) is 13.7 Å². The lowest BCUT2D eigenvalue weighted by Crippen LogP contribution is -2.24. The maximum Gasteiger partial charge on any atom is 0.119 e. The Morgan fingerprint density at radius 3 is 2.33 bits per heavy atom. The van der Waals surface area contributed by atoms with E-state index in [0.717, 1.165) is 5.75 Å². The molecule has 2 aromatic carbocycles. The molecule has 0 aliphatic heterocycles. The molecule has 0 bridgehead atoms. The molecule has 1 N–H and O–H groups in total. The average Bonchev–Trinajstić information content (AvgIpc) is 2.42. The van der Waals surface area contributed by atoms with Crippen LogP contribution in [0.2, 0.25) is 0 Å². The summed E-state index contributed by atoms with van der Waals surface area (Å²) in [5.41, 5.74) is 2.57. The van der Waals surface area contributed by atoms with E-state index in [-0.39, 0.29) is 6.04 Å². The van der Waals surface area contributed by atoms with E-state index >= 15 is 0 Å². The first kappa shape index (κ1) is 12.7. The maximum absolute atomic E-state index is 5.81. The summed E-state index contributed by atoms with van der Waals surface area (Å²) in [4.78, 5) is 0. The third-order valence-electron chi connectivity index (χ3n) is 3.07. The van der Waals surface area contributed by atoms with Crippen LogP contribution < -0.4 is 10.1 Å². The molecule has 0 saturated carbocycles. The van der Waals surface area contributed by atoms with Gasteiger partial charge in [-0.2, -0.15) is 0 Å². The Hall–Kier alpha value is -1.80. The fourth-order valence-electron chi connectivity index (χ4n) is 2.00. The van der Waals surface area contributed by atoms with Crippen molar-refractivity contribution in [1.29, 1.82) is 0 Å². The highest BCUT2D eigenvalue weighted by Gasteiger charge is 2.11. The molecule has 2 rings (SSSR count). The Morgan fingerprint density at radius 1 is 1.00 bits per heavy atom. The Kier molecular flexibility index (Phi) is 4.37. The zero-order valence-corrected chi connectivity index (χ0v) is 10.9. The van der Waals surface area contributed by atoms with Gasteiger partial charge in [-0.25, -0.2) is 0 Å². The van der Waals surface area contributed by atoms with E-state index in [4.69, 9.17) is 4.74 Å². The van der Waals surface area contributed by atoms with Gasteiger partial charge >= 0.3 is 0 Å². The van der Waals surface area contributed by atoms with Gasteiger partial charge in [0.1, 0.15) is 12.4 Å². The number of ether oxygens (including phenoxy) is 1. The zero-order chi connectivity index (χ0) is 12.8. The second-order valence-corrected chi connectivity index (χ2v) is 4.32. The summed E-state index contributed by atoms with van der Waals surface area (Å²) in [6.45, 7) is 2.76. The largest absolute Gasteiger partial charge is 0.492 e. The highest BCUT2D eigenvalue weighted by atomic mass is 16.5. The number of rotatable bonds is 5. The van der Waals surface area contributed by atoms with Crippen LogP contribution in [0.15, 0.2) is 54.6 Å². The van der Waals surface area contributed by atoms with Gasteiger partial charge in [0.05, 0.1) is 6.04 Å². The van der Waals surface area contributed by atoms with Gasteiger partial charge in [0.15, 0.2) is 0 Å². The summed E-state index contributed by atoms with van der Waals surface area (Å²) in [5, 5.41) is 3.30. The molecule has 0 radical (unpaired) electrons. The van der Waals surface area contributed by atoms with Gasteiger partial charge in [0, 0.05) is 0 Å². The molecule has 2 heteroatoms. The van der Waals surface area contributed by atoms with E-state index in [9.17, 15) is 0 Å². The molecule has 1 atom stereocenters. The summed E-state index contributed by atoms with van der Waals surface area (Å²) in [5.74, 6) is 0.909. The molecular weight excluding hydrogens is 222 g/mol. The maximum atomic E-state index is 5.81. The second-order valence-electron chi connectivity index (χ2n) is 4.32. The minimum atomic E-state index is 0.214. The summed E-state index contributed by atoms with van der Waals surface area (Å²) >= 11 is 0. The predicted octanol–water partition coefficient (Wildman–Crippen LogP) is 3.33. The van der Waals surface area contributed by atoms with Crippen molar-refractivity contribution in [3.63, 3.8) is 0 Å². The van der Waals surface area contributed by atoms with E-state index in [1.807, 2.05) is 37.4 Å². The van der Waals surface area contributed by atoms with Gasteiger partial charge in [-0.3, -0.25) is 0 Å².